The molecule has 23 heavy (non-hydrogen) atoms. The van der Waals surface area contributed by atoms with Gasteiger partial charge in [0.2, 0.25) is 0 Å². The van der Waals surface area contributed by atoms with Gasteiger partial charge in [0.05, 0.1) is 12.2 Å². The van der Waals surface area contributed by atoms with E-state index in [1.165, 1.54) is 25.7 Å². The van der Waals surface area contributed by atoms with Crippen molar-refractivity contribution >= 4 is 0 Å². The highest BCUT2D eigenvalue weighted by Crippen LogP contribution is 2.38. The molecule has 0 saturated heterocycles. The first-order valence-corrected chi connectivity index (χ1v) is 9.27. The van der Waals surface area contributed by atoms with E-state index in [-0.39, 0.29) is 18.1 Å². The molecule has 3 nitrogen and oxygen atoms in total. The second-order valence-corrected chi connectivity index (χ2v) is 7.02. The summed E-state index contributed by atoms with van der Waals surface area (Å²) >= 11 is 0. The summed E-state index contributed by atoms with van der Waals surface area (Å²) in [5.41, 5.74) is 0.951. The van der Waals surface area contributed by atoms with Crippen molar-refractivity contribution in [1.82, 2.24) is 0 Å². The van der Waals surface area contributed by atoms with Crippen LogP contribution in [-0.2, 0) is 0 Å². The first-order chi connectivity index (χ1) is 11.1. The van der Waals surface area contributed by atoms with Gasteiger partial charge in [-0.3, -0.25) is 0 Å². The molecule has 0 spiro atoms. The number of aliphatic hydroxyl groups excluding tert-OH is 1. The van der Waals surface area contributed by atoms with E-state index in [4.69, 9.17) is 4.74 Å². The molecule has 0 radical (unpaired) electrons. The summed E-state index contributed by atoms with van der Waals surface area (Å²) in [7, 11) is 0. The van der Waals surface area contributed by atoms with Crippen molar-refractivity contribution in [3.63, 3.8) is 0 Å². The lowest BCUT2D eigenvalue weighted by Gasteiger charge is -2.27. The number of hydrogen-bond acceptors (Lipinski definition) is 3. The highest BCUT2D eigenvalue weighted by atomic mass is 16.5. The number of aromatic hydroxyl groups is 1. The first-order valence-electron chi connectivity index (χ1n) is 9.27. The third-order valence-corrected chi connectivity index (χ3v) is 4.89. The van der Waals surface area contributed by atoms with Gasteiger partial charge in [-0.05, 0) is 56.6 Å². The molecule has 1 fully saturated rings. The molecular formula is C20H32O3. The molecule has 2 N–H and O–H groups in total. The number of ether oxygens (including phenoxy) is 1. The van der Waals surface area contributed by atoms with E-state index in [9.17, 15) is 10.2 Å². The standard InChI is InChI=1S/C20H32O3/c1-3-4-5-6-8-15(2)23-18-11-12-19(20(22)14-18)16-9-7-10-17(21)13-16/h11-12,14-17,21-22H,3-10,13H2,1-2H3/t15?,16-,17+/m0/s1. The summed E-state index contributed by atoms with van der Waals surface area (Å²) in [6.07, 6.45) is 9.69. The van der Waals surface area contributed by atoms with Crippen molar-refractivity contribution in [2.24, 2.45) is 0 Å². The van der Waals surface area contributed by atoms with Gasteiger partial charge in [0.1, 0.15) is 11.5 Å². The second kappa shape index (κ2) is 9.17. The average Bonchev–Trinajstić information content (AvgIpc) is 2.52. The van der Waals surface area contributed by atoms with E-state index < -0.39 is 0 Å². The highest BCUT2D eigenvalue weighted by molar-refractivity contribution is 5.42. The molecule has 0 amide bonds. The SMILES string of the molecule is CCCCCCC(C)Oc1ccc([C@H]2CCC[C@@H](O)C2)c(O)c1. The minimum Gasteiger partial charge on any atom is -0.508 e. The van der Waals surface area contributed by atoms with Gasteiger partial charge in [-0.1, -0.05) is 38.7 Å². The van der Waals surface area contributed by atoms with Crippen LogP contribution < -0.4 is 4.74 Å². The molecule has 1 aliphatic carbocycles. The van der Waals surface area contributed by atoms with Crippen LogP contribution in [-0.4, -0.2) is 22.4 Å². The van der Waals surface area contributed by atoms with Gasteiger partial charge in [0.15, 0.2) is 0 Å². The fourth-order valence-electron chi connectivity index (χ4n) is 3.54. The predicted octanol–water partition coefficient (Wildman–Crippen LogP) is 5.15. The molecule has 0 aliphatic heterocycles. The van der Waals surface area contributed by atoms with Crippen molar-refractivity contribution in [3.8, 4) is 11.5 Å². The summed E-state index contributed by atoms with van der Waals surface area (Å²) < 4.78 is 5.93. The summed E-state index contributed by atoms with van der Waals surface area (Å²) in [4.78, 5) is 0. The topological polar surface area (TPSA) is 49.7 Å². The van der Waals surface area contributed by atoms with Crippen molar-refractivity contribution in [3.05, 3.63) is 23.8 Å². The molecule has 0 heterocycles. The normalized spacial score (nSPS) is 22.7. The third kappa shape index (κ3) is 5.72. The molecule has 3 heteroatoms. The minimum absolute atomic E-state index is 0.175. The molecule has 1 aromatic carbocycles. The predicted molar refractivity (Wildman–Crippen MR) is 94.2 cm³/mol. The number of benzene rings is 1. The van der Waals surface area contributed by atoms with Crippen LogP contribution in [0.3, 0.4) is 0 Å². The summed E-state index contributed by atoms with van der Waals surface area (Å²) in [6, 6.07) is 5.66. The molecule has 2 rings (SSSR count). The maximum atomic E-state index is 10.3. The summed E-state index contributed by atoms with van der Waals surface area (Å²) in [5, 5.41) is 20.1. The molecule has 1 aliphatic rings. The van der Waals surface area contributed by atoms with Crippen molar-refractivity contribution < 1.29 is 14.9 Å². The Bertz CT molecular complexity index is 472. The zero-order valence-electron chi connectivity index (χ0n) is 14.6. The van der Waals surface area contributed by atoms with Crippen LogP contribution in [0.15, 0.2) is 18.2 Å². The molecule has 0 bridgehead atoms. The van der Waals surface area contributed by atoms with E-state index >= 15 is 0 Å². The Morgan fingerprint density at radius 2 is 2.04 bits per heavy atom. The van der Waals surface area contributed by atoms with Crippen LogP contribution in [0.5, 0.6) is 11.5 Å². The van der Waals surface area contributed by atoms with Crippen molar-refractivity contribution in [1.29, 1.82) is 0 Å². The Balaban J connectivity index is 1.88. The number of hydrogen-bond donors (Lipinski definition) is 2. The fraction of sp³-hybridized carbons (Fsp3) is 0.700. The Morgan fingerprint density at radius 3 is 2.74 bits per heavy atom. The quantitative estimate of drug-likeness (QED) is 0.651. The zero-order valence-corrected chi connectivity index (χ0v) is 14.6. The van der Waals surface area contributed by atoms with E-state index in [0.29, 0.717) is 5.75 Å². The number of aliphatic hydroxyl groups is 1. The first kappa shape index (κ1) is 18.1. The molecule has 130 valence electrons. The van der Waals surface area contributed by atoms with Gasteiger partial charge in [0, 0.05) is 6.07 Å². The largest absolute Gasteiger partial charge is 0.508 e. The van der Waals surface area contributed by atoms with Crippen LogP contribution in [0.1, 0.15) is 83.1 Å². The molecular weight excluding hydrogens is 288 g/mol. The minimum atomic E-state index is -0.229. The van der Waals surface area contributed by atoms with Gasteiger partial charge in [-0.15, -0.1) is 0 Å². The number of unbranched alkanes of at least 4 members (excludes halogenated alkanes) is 3. The lowest BCUT2D eigenvalue weighted by atomic mass is 9.82. The zero-order chi connectivity index (χ0) is 16.7. The van der Waals surface area contributed by atoms with Gasteiger partial charge in [-0.2, -0.15) is 0 Å². The second-order valence-electron chi connectivity index (χ2n) is 7.02. The number of rotatable bonds is 8. The summed E-state index contributed by atoms with van der Waals surface area (Å²) in [5.74, 6) is 1.31. The highest BCUT2D eigenvalue weighted by Gasteiger charge is 2.24. The summed E-state index contributed by atoms with van der Waals surface area (Å²) in [6.45, 7) is 4.31. The molecule has 1 unspecified atom stereocenters. The Kier molecular flexibility index (Phi) is 7.22. The number of phenols is 1. The molecule has 1 aromatic rings. The van der Waals surface area contributed by atoms with Crippen molar-refractivity contribution in [2.75, 3.05) is 0 Å². The fourth-order valence-corrected chi connectivity index (χ4v) is 3.54. The van der Waals surface area contributed by atoms with E-state index in [0.717, 1.165) is 43.4 Å². The van der Waals surface area contributed by atoms with Gasteiger partial charge >= 0.3 is 0 Å². The van der Waals surface area contributed by atoms with E-state index in [1.54, 1.807) is 6.07 Å². The monoisotopic (exact) mass is 320 g/mol. The van der Waals surface area contributed by atoms with Gasteiger partial charge in [-0.25, -0.2) is 0 Å². The number of phenolic OH excluding ortho intramolecular Hbond substituents is 1. The van der Waals surface area contributed by atoms with Crippen LogP contribution in [0.4, 0.5) is 0 Å². The Morgan fingerprint density at radius 1 is 1.22 bits per heavy atom. The average molecular weight is 320 g/mol. The van der Waals surface area contributed by atoms with Gasteiger partial charge < -0.3 is 14.9 Å². The van der Waals surface area contributed by atoms with Crippen LogP contribution in [0.2, 0.25) is 0 Å². The third-order valence-electron chi connectivity index (χ3n) is 4.89. The lowest BCUT2D eigenvalue weighted by Crippen LogP contribution is -2.18. The van der Waals surface area contributed by atoms with Crippen LogP contribution in [0, 0.1) is 0 Å². The molecule has 1 saturated carbocycles. The van der Waals surface area contributed by atoms with E-state index in [2.05, 4.69) is 13.8 Å². The maximum absolute atomic E-state index is 10.3. The Labute approximate surface area is 140 Å². The van der Waals surface area contributed by atoms with Gasteiger partial charge in [0.25, 0.3) is 0 Å². The van der Waals surface area contributed by atoms with E-state index in [1.807, 2.05) is 12.1 Å². The van der Waals surface area contributed by atoms with Crippen LogP contribution in [0.25, 0.3) is 0 Å². The maximum Gasteiger partial charge on any atom is 0.123 e. The Hall–Kier alpha value is -1.22. The molecule has 3 atom stereocenters. The van der Waals surface area contributed by atoms with Crippen LogP contribution >= 0.6 is 0 Å². The lowest BCUT2D eigenvalue weighted by molar-refractivity contribution is 0.119. The smallest absolute Gasteiger partial charge is 0.123 e. The van der Waals surface area contributed by atoms with Crippen molar-refractivity contribution in [2.45, 2.75) is 89.8 Å². The molecule has 0 aromatic heterocycles.